The van der Waals surface area contributed by atoms with Gasteiger partial charge in [0.25, 0.3) is 0 Å². The van der Waals surface area contributed by atoms with E-state index in [-0.39, 0.29) is 11.2 Å². The fourth-order valence-electron chi connectivity index (χ4n) is 1.37. The Morgan fingerprint density at radius 2 is 2.06 bits per heavy atom. The minimum Gasteiger partial charge on any atom is -0.508 e. The Hall–Kier alpha value is -2.03. The van der Waals surface area contributed by atoms with Gasteiger partial charge in [-0.15, -0.1) is 0 Å². The van der Waals surface area contributed by atoms with Gasteiger partial charge in [-0.3, -0.25) is 0 Å². The molecule has 0 saturated carbocycles. The van der Waals surface area contributed by atoms with Crippen LogP contribution >= 0.6 is 0 Å². The summed E-state index contributed by atoms with van der Waals surface area (Å²) < 4.78 is 0. The molecule has 0 bridgehead atoms. The van der Waals surface area contributed by atoms with E-state index in [2.05, 4.69) is 9.98 Å². The number of rotatable bonds is 2. The molecule has 0 atom stereocenters. The van der Waals surface area contributed by atoms with Gasteiger partial charge in [0.1, 0.15) is 21.4 Å². The number of phenols is 1. The Balaban J connectivity index is 2.33. The first-order valence-corrected chi connectivity index (χ1v) is 5.00. The number of aromatic hydroxyl groups is 1. The lowest BCUT2D eigenvalue weighted by Gasteiger charge is -2.05. The number of pyridine rings is 1. The van der Waals surface area contributed by atoms with E-state index in [9.17, 15) is 5.11 Å². The SMILES string of the molecule is [B]c1cc([B])c(O)c(C=Nc2ccccn2)c1. The van der Waals surface area contributed by atoms with E-state index < -0.39 is 0 Å². The van der Waals surface area contributed by atoms with Gasteiger partial charge in [0.15, 0.2) is 5.82 Å². The lowest BCUT2D eigenvalue weighted by Crippen LogP contribution is -2.15. The third-order valence-electron chi connectivity index (χ3n) is 2.18. The molecule has 1 aromatic carbocycles. The molecule has 0 aliphatic heterocycles. The fourth-order valence-corrected chi connectivity index (χ4v) is 1.37. The molecular formula is C12H8B2N2O. The quantitative estimate of drug-likeness (QED) is 0.574. The van der Waals surface area contributed by atoms with Crippen LogP contribution in [0.5, 0.6) is 5.75 Å². The van der Waals surface area contributed by atoms with Gasteiger partial charge in [-0.2, -0.15) is 0 Å². The van der Waals surface area contributed by atoms with Gasteiger partial charge in [0.2, 0.25) is 0 Å². The van der Waals surface area contributed by atoms with E-state index in [1.807, 2.05) is 6.07 Å². The second kappa shape index (κ2) is 4.87. The highest BCUT2D eigenvalue weighted by molar-refractivity contribution is 6.39. The van der Waals surface area contributed by atoms with Gasteiger partial charge in [-0.25, -0.2) is 9.98 Å². The van der Waals surface area contributed by atoms with Crippen LogP contribution in [0.25, 0.3) is 0 Å². The molecule has 0 aliphatic rings. The van der Waals surface area contributed by atoms with Crippen molar-refractivity contribution in [3.05, 3.63) is 42.1 Å². The van der Waals surface area contributed by atoms with E-state index >= 15 is 0 Å². The molecule has 4 radical (unpaired) electrons. The molecule has 2 rings (SSSR count). The highest BCUT2D eigenvalue weighted by Crippen LogP contribution is 2.11. The zero-order chi connectivity index (χ0) is 12.3. The maximum atomic E-state index is 9.71. The van der Waals surface area contributed by atoms with E-state index in [0.717, 1.165) is 0 Å². The van der Waals surface area contributed by atoms with E-state index in [1.165, 1.54) is 12.3 Å². The lowest BCUT2D eigenvalue weighted by atomic mass is 9.85. The van der Waals surface area contributed by atoms with Crippen LogP contribution in [0.4, 0.5) is 5.82 Å². The summed E-state index contributed by atoms with van der Waals surface area (Å²) in [6.07, 6.45) is 3.12. The van der Waals surface area contributed by atoms with Crippen LogP contribution in [0.2, 0.25) is 0 Å². The van der Waals surface area contributed by atoms with Gasteiger partial charge < -0.3 is 5.11 Å². The molecule has 3 nitrogen and oxygen atoms in total. The zero-order valence-electron chi connectivity index (χ0n) is 9.04. The maximum Gasteiger partial charge on any atom is 0.151 e. The van der Waals surface area contributed by atoms with Crippen LogP contribution in [0.15, 0.2) is 41.5 Å². The van der Waals surface area contributed by atoms with Crippen molar-refractivity contribution in [2.75, 3.05) is 0 Å². The smallest absolute Gasteiger partial charge is 0.151 e. The van der Waals surface area contributed by atoms with Crippen LogP contribution < -0.4 is 10.9 Å². The lowest BCUT2D eigenvalue weighted by molar-refractivity contribution is 0.479. The number of nitrogens with zero attached hydrogens (tertiary/aromatic N) is 2. The standard InChI is InChI=1S/C12H8B2N2O/c13-9-5-8(12(17)10(14)6-9)7-16-11-3-1-2-4-15-11/h1-7,17H. The number of hydrogen-bond donors (Lipinski definition) is 1. The molecule has 2 aromatic rings. The van der Waals surface area contributed by atoms with Crippen LogP contribution in [-0.2, 0) is 0 Å². The molecule has 1 heterocycles. The Bertz CT molecular complexity index is 556. The molecule has 78 valence electrons. The van der Waals surface area contributed by atoms with E-state index in [1.54, 1.807) is 24.4 Å². The van der Waals surface area contributed by atoms with Crippen LogP contribution in [0, 0.1) is 0 Å². The zero-order valence-corrected chi connectivity index (χ0v) is 9.04. The number of aliphatic imine (C=N–C) groups is 1. The summed E-state index contributed by atoms with van der Waals surface area (Å²) in [6, 6.07) is 8.47. The predicted octanol–water partition coefficient (Wildman–Crippen LogP) is 0.125. The van der Waals surface area contributed by atoms with Crippen molar-refractivity contribution in [1.29, 1.82) is 0 Å². The number of aromatic nitrogens is 1. The summed E-state index contributed by atoms with van der Waals surface area (Å²) >= 11 is 0. The summed E-state index contributed by atoms with van der Waals surface area (Å²) in [5, 5.41) is 9.71. The number of phenolic OH excluding ortho intramolecular Hbond substituents is 1. The van der Waals surface area contributed by atoms with Gasteiger partial charge in [0.05, 0.1) is 0 Å². The van der Waals surface area contributed by atoms with Gasteiger partial charge in [-0.05, 0) is 12.1 Å². The first-order valence-electron chi connectivity index (χ1n) is 5.00. The minimum absolute atomic E-state index is 0.0288. The van der Waals surface area contributed by atoms with E-state index in [4.69, 9.17) is 15.7 Å². The van der Waals surface area contributed by atoms with Crippen LogP contribution in [0.1, 0.15) is 5.56 Å². The third kappa shape index (κ3) is 2.75. The van der Waals surface area contributed by atoms with Crippen molar-refractivity contribution in [3.8, 4) is 5.75 Å². The monoisotopic (exact) mass is 218 g/mol. The molecule has 0 spiro atoms. The normalized spacial score (nSPS) is 10.8. The molecule has 0 amide bonds. The summed E-state index contributed by atoms with van der Waals surface area (Å²) in [7, 11) is 11.2. The summed E-state index contributed by atoms with van der Waals surface area (Å²) in [5.74, 6) is 0.520. The average Bonchev–Trinajstić information content (AvgIpc) is 2.33. The second-order valence-corrected chi connectivity index (χ2v) is 3.49. The Morgan fingerprint density at radius 3 is 2.76 bits per heavy atom. The van der Waals surface area contributed by atoms with Crippen molar-refractivity contribution >= 4 is 38.7 Å². The predicted molar refractivity (Wildman–Crippen MR) is 70.4 cm³/mol. The Labute approximate surface area is 102 Å². The molecule has 5 heteroatoms. The first kappa shape index (κ1) is 11.5. The Morgan fingerprint density at radius 1 is 1.24 bits per heavy atom. The molecule has 1 aromatic heterocycles. The third-order valence-corrected chi connectivity index (χ3v) is 2.18. The van der Waals surface area contributed by atoms with Crippen molar-refractivity contribution in [1.82, 2.24) is 4.98 Å². The second-order valence-electron chi connectivity index (χ2n) is 3.49. The summed E-state index contributed by atoms with van der Waals surface area (Å²) in [5.41, 5.74) is 1.17. The topological polar surface area (TPSA) is 45.5 Å². The number of hydrogen-bond acceptors (Lipinski definition) is 3. The largest absolute Gasteiger partial charge is 0.508 e. The van der Waals surface area contributed by atoms with Crippen LogP contribution in [-0.4, -0.2) is 32.0 Å². The summed E-state index contributed by atoms with van der Waals surface area (Å²) in [6.45, 7) is 0. The van der Waals surface area contributed by atoms with Crippen molar-refractivity contribution in [2.45, 2.75) is 0 Å². The average molecular weight is 218 g/mol. The van der Waals surface area contributed by atoms with E-state index in [0.29, 0.717) is 16.8 Å². The molecule has 0 fully saturated rings. The van der Waals surface area contributed by atoms with Crippen molar-refractivity contribution in [3.63, 3.8) is 0 Å². The highest BCUT2D eigenvalue weighted by atomic mass is 16.3. The van der Waals surface area contributed by atoms with Crippen LogP contribution in [0.3, 0.4) is 0 Å². The Kier molecular flexibility index (Phi) is 3.28. The number of benzene rings is 1. The van der Waals surface area contributed by atoms with Crippen molar-refractivity contribution < 1.29 is 5.11 Å². The van der Waals surface area contributed by atoms with Gasteiger partial charge >= 0.3 is 0 Å². The maximum absolute atomic E-state index is 9.71. The minimum atomic E-state index is -0.0288. The highest BCUT2D eigenvalue weighted by Gasteiger charge is 2.02. The molecule has 0 aliphatic carbocycles. The first-order chi connectivity index (χ1) is 8.16. The molecule has 1 N–H and O–H groups in total. The summed E-state index contributed by atoms with van der Waals surface area (Å²) in [4.78, 5) is 8.14. The van der Waals surface area contributed by atoms with Crippen molar-refractivity contribution in [2.24, 2.45) is 4.99 Å². The molecule has 0 unspecified atom stereocenters. The molecule has 0 saturated heterocycles. The fraction of sp³-hybridized carbons (Fsp3) is 0. The van der Waals surface area contributed by atoms with Gasteiger partial charge in [0, 0.05) is 18.0 Å². The molecule has 17 heavy (non-hydrogen) atoms. The van der Waals surface area contributed by atoms with Gasteiger partial charge in [-0.1, -0.05) is 29.1 Å². The molecular weight excluding hydrogens is 210 g/mol.